The summed E-state index contributed by atoms with van der Waals surface area (Å²) in [5.74, 6) is 4.29. The van der Waals surface area contributed by atoms with E-state index in [1.807, 2.05) is 44.2 Å². The standard InChI is InChI=1S/C33H42N2O3Si/c1-22(2)39(23(3)4,24(5)6)16-15-27-17-29(28-13-11-10-12-14-28)19-30(18-27)35-33(36)38-21-31-26(8)32(37-9)25(7)20-34-31/h10-14,17-20,22-24H,21H2,1-9H3,(H,35,36). The van der Waals surface area contributed by atoms with E-state index in [-0.39, 0.29) is 6.61 Å². The van der Waals surface area contributed by atoms with Crippen molar-refractivity contribution in [3.63, 3.8) is 0 Å². The number of anilines is 1. The van der Waals surface area contributed by atoms with E-state index in [0.29, 0.717) is 28.0 Å². The average Bonchev–Trinajstić information content (AvgIpc) is 2.88. The number of carbonyl (C=O) groups excluding carboxylic acids is 1. The van der Waals surface area contributed by atoms with E-state index >= 15 is 0 Å². The van der Waals surface area contributed by atoms with Crippen molar-refractivity contribution in [2.45, 2.75) is 78.6 Å². The van der Waals surface area contributed by atoms with Gasteiger partial charge in [0.15, 0.2) is 0 Å². The van der Waals surface area contributed by atoms with Crippen molar-refractivity contribution in [2.75, 3.05) is 12.4 Å². The van der Waals surface area contributed by atoms with E-state index in [1.54, 1.807) is 13.3 Å². The zero-order valence-corrected chi connectivity index (χ0v) is 25.8. The minimum Gasteiger partial charge on any atom is -0.496 e. The van der Waals surface area contributed by atoms with E-state index in [0.717, 1.165) is 33.6 Å². The molecule has 2 aromatic carbocycles. The fourth-order valence-electron chi connectivity index (χ4n) is 5.69. The molecule has 3 rings (SSSR count). The van der Waals surface area contributed by atoms with Crippen molar-refractivity contribution in [3.8, 4) is 28.3 Å². The summed E-state index contributed by atoms with van der Waals surface area (Å²) in [6.07, 6.45) is 1.18. The summed E-state index contributed by atoms with van der Waals surface area (Å²) in [5, 5.41) is 2.91. The number of nitrogens with one attached hydrogen (secondary N) is 1. The summed E-state index contributed by atoms with van der Waals surface area (Å²) in [4.78, 5) is 17.3. The second-order valence-electron chi connectivity index (χ2n) is 11.1. The number of methoxy groups -OCH3 is 1. The van der Waals surface area contributed by atoms with Crippen LogP contribution in [0.1, 0.15) is 63.9 Å². The van der Waals surface area contributed by atoms with Crippen LogP contribution >= 0.6 is 0 Å². The SMILES string of the molecule is COc1c(C)cnc(COC(=O)Nc2cc(C#C[Si](C(C)C)(C(C)C)C(C)C)cc(-c3ccccc3)c2)c1C. The van der Waals surface area contributed by atoms with E-state index in [1.165, 1.54) is 0 Å². The lowest BCUT2D eigenvalue weighted by molar-refractivity contribution is 0.153. The van der Waals surface area contributed by atoms with Crippen LogP contribution in [0.5, 0.6) is 5.75 Å². The zero-order chi connectivity index (χ0) is 28.7. The predicted molar refractivity (Wildman–Crippen MR) is 164 cm³/mol. The average molecular weight is 543 g/mol. The van der Waals surface area contributed by atoms with Gasteiger partial charge in [0.05, 0.1) is 12.8 Å². The lowest BCUT2D eigenvalue weighted by Gasteiger charge is -2.38. The molecular weight excluding hydrogens is 500 g/mol. The van der Waals surface area contributed by atoms with Crippen LogP contribution in [0.2, 0.25) is 16.6 Å². The van der Waals surface area contributed by atoms with E-state index < -0.39 is 14.2 Å². The molecule has 0 spiro atoms. The number of pyridine rings is 1. The van der Waals surface area contributed by atoms with Gasteiger partial charge in [-0.15, -0.1) is 5.54 Å². The van der Waals surface area contributed by atoms with E-state index in [9.17, 15) is 4.79 Å². The van der Waals surface area contributed by atoms with Gasteiger partial charge < -0.3 is 9.47 Å². The zero-order valence-electron chi connectivity index (χ0n) is 24.8. The van der Waals surface area contributed by atoms with Crippen LogP contribution < -0.4 is 10.1 Å². The molecule has 0 aliphatic carbocycles. The Bertz CT molecular complexity index is 1330. The predicted octanol–water partition coefficient (Wildman–Crippen LogP) is 8.69. The Labute approximate surface area is 235 Å². The van der Waals surface area contributed by atoms with Gasteiger partial charge in [-0.3, -0.25) is 10.3 Å². The van der Waals surface area contributed by atoms with Crippen LogP contribution in [-0.4, -0.2) is 26.3 Å². The molecule has 5 nitrogen and oxygen atoms in total. The highest BCUT2D eigenvalue weighted by molar-refractivity contribution is 6.90. The number of rotatable bonds is 8. The first-order valence-corrected chi connectivity index (χ1v) is 15.9. The summed E-state index contributed by atoms with van der Waals surface area (Å²) >= 11 is 0. The molecule has 0 bridgehead atoms. The highest BCUT2D eigenvalue weighted by Crippen LogP contribution is 2.41. The van der Waals surface area contributed by atoms with Crippen molar-refractivity contribution in [3.05, 3.63) is 77.1 Å². The van der Waals surface area contributed by atoms with E-state index in [2.05, 4.69) is 81.5 Å². The van der Waals surface area contributed by atoms with Crippen molar-refractivity contribution < 1.29 is 14.3 Å². The monoisotopic (exact) mass is 542 g/mol. The lowest BCUT2D eigenvalue weighted by atomic mass is 10.0. The molecule has 1 heterocycles. The van der Waals surface area contributed by atoms with Crippen LogP contribution in [0, 0.1) is 25.3 Å². The third-order valence-electron chi connectivity index (χ3n) is 7.67. The maximum atomic E-state index is 12.8. The van der Waals surface area contributed by atoms with Crippen molar-refractivity contribution >= 4 is 19.9 Å². The van der Waals surface area contributed by atoms with Crippen LogP contribution in [0.25, 0.3) is 11.1 Å². The Hall–Kier alpha value is -3.56. The first kappa shape index (κ1) is 30.0. The molecular formula is C33H42N2O3Si. The number of ether oxygens (including phenoxy) is 2. The summed E-state index contributed by atoms with van der Waals surface area (Å²) in [6.45, 7) is 17.8. The quantitative estimate of drug-likeness (QED) is 0.228. The Morgan fingerprint density at radius 3 is 2.18 bits per heavy atom. The number of aryl methyl sites for hydroxylation is 1. The molecule has 0 saturated carbocycles. The summed E-state index contributed by atoms with van der Waals surface area (Å²) in [6, 6.07) is 16.1. The maximum Gasteiger partial charge on any atom is 0.412 e. The van der Waals surface area contributed by atoms with Gasteiger partial charge in [0.1, 0.15) is 20.4 Å². The van der Waals surface area contributed by atoms with Crippen LogP contribution in [0.4, 0.5) is 10.5 Å². The highest BCUT2D eigenvalue weighted by Gasteiger charge is 2.41. The normalized spacial score (nSPS) is 11.4. The van der Waals surface area contributed by atoms with Gasteiger partial charge in [-0.05, 0) is 59.8 Å². The first-order chi connectivity index (χ1) is 18.5. The molecule has 0 aliphatic heterocycles. The summed E-state index contributed by atoms with van der Waals surface area (Å²) < 4.78 is 11.0. The summed E-state index contributed by atoms with van der Waals surface area (Å²) in [7, 11) is -0.286. The van der Waals surface area contributed by atoms with Crippen molar-refractivity contribution in [1.82, 2.24) is 4.98 Å². The fraction of sp³-hybridized carbons (Fsp3) is 0.394. The molecule has 0 atom stereocenters. The molecule has 0 fully saturated rings. The van der Waals surface area contributed by atoms with Crippen LogP contribution in [0.15, 0.2) is 54.7 Å². The molecule has 1 N–H and O–H groups in total. The Morgan fingerprint density at radius 1 is 0.949 bits per heavy atom. The van der Waals surface area contributed by atoms with Crippen molar-refractivity contribution in [2.24, 2.45) is 0 Å². The van der Waals surface area contributed by atoms with Crippen LogP contribution in [0.3, 0.4) is 0 Å². The Morgan fingerprint density at radius 2 is 1.59 bits per heavy atom. The minimum atomic E-state index is -1.91. The number of aromatic nitrogens is 1. The van der Waals surface area contributed by atoms with Gasteiger partial charge in [0, 0.05) is 28.6 Å². The Balaban J connectivity index is 1.93. The second-order valence-corrected chi connectivity index (χ2v) is 16.6. The molecule has 0 radical (unpaired) electrons. The number of amides is 1. The number of carbonyl (C=O) groups is 1. The smallest absolute Gasteiger partial charge is 0.412 e. The number of benzene rings is 2. The maximum absolute atomic E-state index is 12.8. The molecule has 206 valence electrons. The molecule has 39 heavy (non-hydrogen) atoms. The summed E-state index contributed by atoms with van der Waals surface area (Å²) in [5.41, 5.74) is 11.4. The molecule has 6 heteroatoms. The molecule has 1 amide bonds. The third kappa shape index (κ3) is 6.91. The van der Waals surface area contributed by atoms with Gasteiger partial charge in [0.25, 0.3) is 0 Å². The van der Waals surface area contributed by atoms with Crippen molar-refractivity contribution in [1.29, 1.82) is 0 Å². The van der Waals surface area contributed by atoms with Gasteiger partial charge in [0.2, 0.25) is 0 Å². The Kier molecular flexibility index (Phi) is 9.99. The molecule has 1 aromatic heterocycles. The fourth-order valence-corrected chi connectivity index (χ4v) is 10.9. The molecule has 3 aromatic rings. The number of hydrogen-bond acceptors (Lipinski definition) is 4. The topological polar surface area (TPSA) is 60.5 Å². The molecule has 0 unspecified atom stereocenters. The lowest BCUT2D eigenvalue weighted by Crippen LogP contribution is -2.43. The highest BCUT2D eigenvalue weighted by atomic mass is 28.3. The third-order valence-corrected chi connectivity index (χ3v) is 14.0. The number of hydrogen-bond donors (Lipinski definition) is 1. The molecule has 0 aliphatic rings. The first-order valence-electron chi connectivity index (χ1n) is 13.7. The molecule has 0 saturated heterocycles. The largest absolute Gasteiger partial charge is 0.496 e. The van der Waals surface area contributed by atoms with Crippen LogP contribution in [-0.2, 0) is 11.3 Å². The van der Waals surface area contributed by atoms with Gasteiger partial charge in [-0.25, -0.2) is 4.79 Å². The van der Waals surface area contributed by atoms with Gasteiger partial charge in [-0.2, -0.15) is 0 Å². The van der Waals surface area contributed by atoms with Gasteiger partial charge in [-0.1, -0.05) is 77.8 Å². The second kappa shape index (κ2) is 13.0. The van der Waals surface area contributed by atoms with Gasteiger partial charge >= 0.3 is 6.09 Å². The van der Waals surface area contributed by atoms with E-state index in [4.69, 9.17) is 9.47 Å². The number of nitrogens with zero attached hydrogens (tertiary/aromatic N) is 1. The minimum absolute atomic E-state index is 0.0463.